The SMILES string of the molecule is CCC(NC(=O)c1ccc(Br)o1)c1ccc(Br)cc1. The van der Waals surface area contributed by atoms with Crippen LogP contribution in [-0.2, 0) is 0 Å². The lowest BCUT2D eigenvalue weighted by Gasteiger charge is -2.16. The highest BCUT2D eigenvalue weighted by atomic mass is 79.9. The smallest absolute Gasteiger partial charge is 0.287 e. The molecule has 0 radical (unpaired) electrons. The molecule has 0 spiro atoms. The van der Waals surface area contributed by atoms with Gasteiger partial charge in [0.1, 0.15) is 0 Å². The number of hydrogen-bond acceptors (Lipinski definition) is 2. The van der Waals surface area contributed by atoms with Crippen LogP contribution >= 0.6 is 31.9 Å². The van der Waals surface area contributed by atoms with Crippen LogP contribution in [0.2, 0.25) is 0 Å². The molecule has 1 aromatic carbocycles. The van der Waals surface area contributed by atoms with Gasteiger partial charge in [0.15, 0.2) is 10.4 Å². The summed E-state index contributed by atoms with van der Waals surface area (Å²) in [6.07, 6.45) is 0.815. The van der Waals surface area contributed by atoms with Gasteiger partial charge in [-0.3, -0.25) is 4.79 Å². The minimum atomic E-state index is -0.208. The Kier molecular flexibility index (Phi) is 4.82. The number of benzene rings is 1. The predicted octanol–water partition coefficient (Wildman–Crippen LogP) is 4.69. The fourth-order valence-electron chi connectivity index (χ4n) is 1.78. The Morgan fingerprint density at radius 3 is 2.42 bits per heavy atom. The third-order valence-corrected chi connectivity index (χ3v) is 3.74. The highest BCUT2D eigenvalue weighted by Gasteiger charge is 2.16. The fourth-order valence-corrected chi connectivity index (χ4v) is 2.35. The van der Waals surface area contributed by atoms with Crippen LogP contribution in [0, 0.1) is 0 Å². The van der Waals surface area contributed by atoms with E-state index in [1.165, 1.54) is 0 Å². The molecule has 1 atom stereocenters. The molecule has 19 heavy (non-hydrogen) atoms. The van der Waals surface area contributed by atoms with E-state index in [0.717, 1.165) is 16.5 Å². The number of carbonyl (C=O) groups is 1. The van der Waals surface area contributed by atoms with Crippen molar-refractivity contribution in [3.63, 3.8) is 0 Å². The average molecular weight is 387 g/mol. The van der Waals surface area contributed by atoms with Crippen molar-refractivity contribution in [1.82, 2.24) is 5.32 Å². The van der Waals surface area contributed by atoms with Gasteiger partial charge in [0.05, 0.1) is 6.04 Å². The maximum Gasteiger partial charge on any atom is 0.287 e. The van der Waals surface area contributed by atoms with E-state index in [2.05, 4.69) is 37.2 Å². The van der Waals surface area contributed by atoms with Gasteiger partial charge in [-0.25, -0.2) is 0 Å². The van der Waals surface area contributed by atoms with Crippen LogP contribution in [0.5, 0.6) is 0 Å². The molecule has 1 amide bonds. The van der Waals surface area contributed by atoms with Crippen LogP contribution in [0.25, 0.3) is 0 Å². The lowest BCUT2D eigenvalue weighted by molar-refractivity contribution is 0.0906. The third kappa shape index (κ3) is 3.70. The highest BCUT2D eigenvalue weighted by molar-refractivity contribution is 9.10. The molecule has 0 aliphatic heterocycles. The second kappa shape index (κ2) is 6.39. The zero-order chi connectivity index (χ0) is 13.8. The van der Waals surface area contributed by atoms with E-state index in [-0.39, 0.29) is 11.9 Å². The molecule has 3 nitrogen and oxygen atoms in total. The summed E-state index contributed by atoms with van der Waals surface area (Å²) in [6, 6.07) is 11.3. The van der Waals surface area contributed by atoms with Crippen molar-refractivity contribution >= 4 is 37.8 Å². The van der Waals surface area contributed by atoms with Crippen LogP contribution in [0.3, 0.4) is 0 Å². The lowest BCUT2D eigenvalue weighted by Crippen LogP contribution is -2.27. The molecular formula is C14H13Br2NO2. The molecule has 0 saturated heterocycles. The van der Waals surface area contributed by atoms with Gasteiger partial charge in [0.2, 0.25) is 0 Å². The van der Waals surface area contributed by atoms with Crippen molar-refractivity contribution in [2.45, 2.75) is 19.4 Å². The second-order valence-electron chi connectivity index (χ2n) is 4.09. The van der Waals surface area contributed by atoms with Gasteiger partial charge in [0, 0.05) is 4.47 Å². The zero-order valence-electron chi connectivity index (χ0n) is 10.3. The van der Waals surface area contributed by atoms with E-state index in [4.69, 9.17) is 4.42 Å². The molecule has 1 heterocycles. The van der Waals surface area contributed by atoms with Gasteiger partial charge in [-0.1, -0.05) is 35.0 Å². The number of carbonyl (C=O) groups excluding carboxylic acids is 1. The molecular weight excluding hydrogens is 374 g/mol. The van der Waals surface area contributed by atoms with Crippen molar-refractivity contribution in [2.24, 2.45) is 0 Å². The number of rotatable bonds is 4. The first kappa shape index (κ1) is 14.3. The summed E-state index contributed by atoms with van der Waals surface area (Å²) in [5, 5.41) is 2.96. The van der Waals surface area contributed by atoms with Crippen LogP contribution in [-0.4, -0.2) is 5.91 Å². The molecule has 2 aromatic rings. The van der Waals surface area contributed by atoms with E-state index in [9.17, 15) is 4.79 Å². The Labute approximate surface area is 128 Å². The summed E-state index contributed by atoms with van der Waals surface area (Å²) in [5.41, 5.74) is 1.07. The largest absolute Gasteiger partial charge is 0.444 e. The molecule has 2 rings (SSSR count). The quantitative estimate of drug-likeness (QED) is 0.828. The first-order chi connectivity index (χ1) is 9.10. The monoisotopic (exact) mass is 385 g/mol. The van der Waals surface area contributed by atoms with E-state index < -0.39 is 0 Å². The predicted molar refractivity (Wildman–Crippen MR) is 81.0 cm³/mol. The van der Waals surface area contributed by atoms with Crippen molar-refractivity contribution < 1.29 is 9.21 Å². The van der Waals surface area contributed by atoms with Crippen molar-refractivity contribution in [3.8, 4) is 0 Å². The summed E-state index contributed by atoms with van der Waals surface area (Å²) in [7, 11) is 0. The summed E-state index contributed by atoms with van der Waals surface area (Å²) >= 11 is 6.58. The van der Waals surface area contributed by atoms with E-state index in [1.807, 2.05) is 31.2 Å². The first-order valence-electron chi connectivity index (χ1n) is 5.92. The Morgan fingerprint density at radius 1 is 1.21 bits per heavy atom. The Balaban J connectivity index is 2.11. The fraction of sp³-hybridized carbons (Fsp3) is 0.214. The molecule has 5 heteroatoms. The van der Waals surface area contributed by atoms with Crippen LogP contribution < -0.4 is 5.32 Å². The molecule has 0 aliphatic carbocycles. The van der Waals surface area contributed by atoms with Gasteiger partial charge in [-0.2, -0.15) is 0 Å². The third-order valence-electron chi connectivity index (χ3n) is 2.78. The van der Waals surface area contributed by atoms with E-state index >= 15 is 0 Å². The molecule has 0 saturated carbocycles. The molecule has 1 unspecified atom stereocenters. The van der Waals surface area contributed by atoms with Gasteiger partial charge in [-0.15, -0.1) is 0 Å². The van der Waals surface area contributed by atoms with E-state index in [1.54, 1.807) is 12.1 Å². The maximum atomic E-state index is 12.0. The molecule has 1 N–H and O–H groups in total. The highest BCUT2D eigenvalue weighted by Crippen LogP contribution is 2.21. The van der Waals surface area contributed by atoms with Gasteiger partial charge < -0.3 is 9.73 Å². The lowest BCUT2D eigenvalue weighted by atomic mass is 10.0. The number of furan rings is 1. The molecule has 1 aromatic heterocycles. The molecule has 100 valence electrons. The average Bonchev–Trinajstić information content (AvgIpc) is 2.84. The minimum Gasteiger partial charge on any atom is -0.444 e. The van der Waals surface area contributed by atoms with Crippen molar-refractivity contribution in [2.75, 3.05) is 0 Å². The Bertz CT molecular complexity index is 563. The van der Waals surface area contributed by atoms with Crippen LogP contribution in [0.4, 0.5) is 0 Å². The Morgan fingerprint density at radius 2 is 1.89 bits per heavy atom. The van der Waals surface area contributed by atoms with Crippen LogP contribution in [0.1, 0.15) is 35.5 Å². The van der Waals surface area contributed by atoms with E-state index in [0.29, 0.717) is 10.4 Å². The molecule has 0 fully saturated rings. The maximum absolute atomic E-state index is 12.0. The summed E-state index contributed by atoms with van der Waals surface area (Å²) in [4.78, 5) is 12.0. The number of hydrogen-bond donors (Lipinski definition) is 1. The summed E-state index contributed by atoms with van der Waals surface area (Å²) < 4.78 is 6.81. The zero-order valence-corrected chi connectivity index (χ0v) is 13.5. The Hall–Kier alpha value is -1.07. The van der Waals surface area contributed by atoms with Gasteiger partial charge in [-0.05, 0) is 52.2 Å². The number of halogens is 2. The molecule has 0 aliphatic rings. The summed E-state index contributed by atoms with van der Waals surface area (Å²) in [5.74, 6) is 0.0999. The molecule has 0 bridgehead atoms. The van der Waals surface area contributed by atoms with Crippen LogP contribution in [0.15, 0.2) is 50.0 Å². The number of nitrogens with one attached hydrogen (secondary N) is 1. The minimum absolute atomic E-state index is 0.0236. The topological polar surface area (TPSA) is 42.2 Å². The number of amides is 1. The van der Waals surface area contributed by atoms with Crippen molar-refractivity contribution in [1.29, 1.82) is 0 Å². The second-order valence-corrected chi connectivity index (χ2v) is 5.79. The first-order valence-corrected chi connectivity index (χ1v) is 7.50. The normalized spacial score (nSPS) is 12.2. The van der Waals surface area contributed by atoms with Gasteiger partial charge in [0.25, 0.3) is 5.91 Å². The standard InChI is InChI=1S/C14H13Br2NO2/c1-2-11(9-3-5-10(15)6-4-9)17-14(18)12-7-8-13(16)19-12/h3-8,11H,2H2,1H3,(H,17,18). The van der Waals surface area contributed by atoms with Crippen molar-refractivity contribution in [3.05, 3.63) is 56.9 Å². The van der Waals surface area contributed by atoms with Gasteiger partial charge >= 0.3 is 0 Å². The summed E-state index contributed by atoms with van der Waals surface area (Å²) in [6.45, 7) is 2.03.